The van der Waals surface area contributed by atoms with Crippen LogP contribution in [0.25, 0.3) is 10.9 Å². The molecule has 0 saturated carbocycles. The summed E-state index contributed by atoms with van der Waals surface area (Å²) in [6.45, 7) is 5.96. The van der Waals surface area contributed by atoms with Crippen LogP contribution in [0.4, 0.5) is 0 Å². The highest BCUT2D eigenvalue weighted by Crippen LogP contribution is 2.19. The van der Waals surface area contributed by atoms with Crippen molar-refractivity contribution in [3.63, 3.8) is 0 Å². The SMILES string of the molecule is Brc1ccc2cnn(CCCN3CCOCC3)c2c1. The van der Waals surface area contributed by atoms with Gasteiger partial charge in [0.15, 0.2) is 0 Å². The van der Waals surface area contributed by atoms with Gasteiger partial charge in [-0.3, -0.25) is 9.58 Å². The number of halogens is 1. The summed E-state index contributed by atoms with van der Waals surface area (Å²) < 4.78 is 8.56. The van der Waals surface area contributed by atoms with E-state index in [4.69, 9.17) is 4.74 Å². The molecule has 4 nitrogen and oxygen atoms in total. The van der Waals surface area contributed by atoms with Crippen LogP contribution in [0, 0.1) is 0 Å². The molecule has 1 fully saturated rings. The number of ether oxygens (including phenoxy) is 1. The van der Waals surface area contributed by atoms with Gasteiger partial charge in [-0.2, -0.15) is 5.10 Å². The number of nitrogens with zero attached hydrogens (tertiary/aromatic N) is 3. The molecule has 0 N–H and O–H groups in total. The molecule has 3 rings (SSSR count). The second-order valence-electron chi connectivity index (χ2n) is 4.88. The average Bonchev–Trinajstić information content (AvgIpc) is 2.83. The quantitative estimate of drug-likeness (QED) is 0.866. The molecule has 19 heavy (non-hydrogen) atoms. The molecule has 1 aromatic carbocycles. The normalized spacial score (nSPS) is 17.1. The van der Waals surface area contributed by atoms with Crippen LogP contribution in [0.3, 0.4) is 0 Å². The van der Waals surface area contributed by atoms with Crippen LogP contribution in [0.2, 0.25) is 0 Å². The molecule has 0 spiro atoms. The first kappa shape index (κ1) is 13.1. The third kappa shape index (κ3) is 3.16. The fraction of sp³-hybridized carbons (Fsp3) is 0.500. The molecule has 0 amide bonds. The standard InChI is InChI=1S/C14H18BrN3O/c15-13-3-2-12-11-16-18(14(12)10-13)5-1-4-17-6-8-19-9-7-17/h2-3,10-11H,1,4-9H2. The van der Waals surface area contributed by atoms with Gasteiger partial charge in [0.2, 0.25) is 0 Å². The zero-order valence-electron chi connectivity index (χ0n) is 10.9. The molecule has 2 heterocycles. The van der Waals surface area contributed by atoms with Crippen molar-refractivity contribution in [2.45, 2.75) is 13.0 Å². The molecule has 0 aliphatic carbocycles. The first-order valence-corrected chi connectivity index (χ1v) is 7.53. The predicted octanol–water partition coefficient (Wildman–Crippen LogP) is 2.52. The fourth-order valence-electron chi connectivity index (χ4n) is 2.49. The number of benzene rings is 1. The minimum absolute atomic E-state index is 0.873. The lowest BCUT2D eigenvalue weighted by Gasteiger charge is -2.26. The predicted molar refractivity (Wildman–Crippen MR) is 79.3 cm³/mol. The molecule has 1 aromatic heterocycles. The van der Waals surface area contributed by atoms with Gasteiger partial charge >= 0.3 is 0 Å². The zero-order valence-corrected chi connectivity index (χ0v) is 12.5. The maximum absolute atomic E-state index is 5.36. The van der Waals surface area contributed by atoms with Gasteiger partial charge in [0.1, 0.15) is 0 Å². The summed E-state index contributed by atoms with van der Waals surface area (Å²) in [6.07, 6.45) is 3.07. The zero-order chi connectivity index (χ0) is 13.1. The van der Waals surface area contributed by atoms with Crippen LogP contribution in [-0.2, 0) is 11.3 Å². The molecule has 0 atom stereocenters. The number of hydrogen-bond acceptors (Lipinski definition) is 3. The van der Waals surface area contributed by atoms with Crippen molar-refractivity contribution >= 4 is 26.8 Å². The Morgan fingerprint density at radius 3 is 2.89 bits per heavy atom. The van der Waals surface area contributed by atoms with E-state index in [1.807, 2.05) is 6.20 Å². The Kier molecular flexibility index (Phi) is 4.15. The van der Waals surface area contributed by atoms with Gasteiger partial charge in [0.05, 0.1) is 24.9 Å². The number of aromatic nitrogens is 2. The van der Waals surface area contributed by atoms with Gasteiger partial charge in [-0.15, -0.1) is 0 Å². The van der Waals surface area contributed by atoms with E-state index in [0.717, 1.165) is 50.3 Å². The largest absolute Gasteiger partial charge is 0.379 e. The minimum Gasteiger partial charge on any atom is -0.379 e. The van der Waals surface area contributed by atoms with Gasteiger partial charge in [0.25, 0.3) is 0 Å². The average molecular weight is 324 g/mol. The van der Waals surface area contributed by atoms with E-state index in [1.165, 1.54) is 10.9 Å². The Morgan fingerprint density at radius 1 is 1.21 bits per heavy atom. The number of aryl methyl sites for hydroxylation is 1. The maximum Gasteiger partial charge on any atom is 0.0693 e. The number of rotatable bonds is 4. The minimum atomic E-state index is 0.873. The van der Waals surface area contributed by atoms with Crippen molar-refractivity contribution in [3.05, 3.63) is 28.9 Å². The second kappa shape index (κ2) is 6.03. The van der Waals surface area contributed by atoms with E-state index in [9.17, 15) is 0 Å². The lowest BCUT2D eigenvalue weighted by molar-refractivity contribution is 0.0368. The monoisotopic (exact) mass is 323 g/mol. The maximum atomic E-state index is 5.36. The van der Waals surface area contributed by atoms with Crippen LogP contribution in [0.1, 0.15) is 6.42 Å². The molecule has 0 unspecified atom stereocenters. The van der Waals surface area contributed by atoms with E-state index in [-0.39, 0.29) is 0 Å². The lowest BCUT2D eigenvalue weighted by Crippen LogP contribution is -2.37. The van der Waals surface area contributed by atoms with Crippen LogP contribution in [0.15, 0.2) is 28.9 Å². The summed E-state index contributed by atoms with van der Waals surface area (Å²) >= 11 is 3.52. The number of fused-ring (bicyclic) bond motifs is 1. The van der Waals surface area contributed by atoms with E-state index >= 15 is 0 Å². The van der Waals surface area contributed by atoms with Gasteiger partial charge < -0.3 is 4.74 Å². The van der Waals surface area contributed by atoms with E-state index < -0.39 is 0 Å². The van der Waals surface area contributed by atoms with Crippen molar-refractivity contribution < 1.29 is 4.74 Å². The highest BCUT2D eigenvalue weighted by molar-refractivity contribution is 9.10. The van der Waals surface area contributed by atoms with Crippen LogP contribution in [0.5, 0.6) is 0 Å². The molecule has 1 aliphatic rings. The highest BCUT2D eigenvalue weighted by atomic mass is 79.9. The number of hydrogen-bond donors (Lipinski definition) is 0. The fourth-order valence-corrected chi connectivity index (χ4v) is 2.84. The van der Waals surface area contributed by atoms with Crippen molar-refractivity contribution in [1.82, 2.24) is 14.7 Å². The van der Waals surface area contributed by atoms with Gasteiger partial charge in [-0.1, -0.05) is 22.0 Å². The smallest absolute Gasteiger partial charge is 0.0693 e. The molecule has 1 saturated heterocycles. The Balaban J connectivity index is 1.60. The van der Waals surface area contributed by atoms with Crippen molar-refractivity contribution in [2.24, 2.45) is 0 Å². The Bertz CT molecular complexity index is 549. The summed E-state index contributed by atoms with van der Waals surface area (Å²) in [5.41, 5.74) is 1.20. The molecule has 102 valence electrons. The molecular formula is C14H18BrN3O. The Morgan fingerprint density at radius 2 is 2.05 bits per heavy atom. The Hall–Kier alpha value is -0.910. The highest BCUT2D eigenvalue weighted by Gasteiger charge is 2.10. The van der Waals surface area contributed by atoms with Crippen LogP contribution < -0.4 is 0 Å². The number of morpholine rings is 1. The lowest BCUT2D eigenvalue weighted by atomic mass is 10.2. The van der Waals surface area contributed by atoms with Crippen molar-refractivity contribution in [3.8, 4) is 0 Å². The summed E-state index contributed by atoms with van der Waals surface area (Å²) in [7, 11) is 0. The van der Waals surface area contributed by atoms with E-state index in [0.29, 0.717) is 0 Å². The summed E-state index contributed by atoms with van der Waals surface area (Å²) in [4.78, 5) is 2.46. The third-order valence-corrected chi connectivity index (χ3v) is 4.05. The molecule has 5 heteroatoms. The first-order valence-electron chi connectivity index (χ1n) is 6.74. The van der Waals surface area contributed by atoms with Gasteiger partial charge in [-0.05, 0) is 18.6 Å². The van der Waals surface area contributed by atoms with Crippen molar-refractivity contribution in [1.29, 1.82) is 0 Å². The summed E-state index contributed by atoms with van der Waals surface area (Å²) in [5.74, 6) is 0. The topological polar surface area (TPSA) is 30.3 Å². The molecule has 0 radical (unpaired) electrons. The van der Waals surface area contributed by atoms with E-state index in [1.54, 1.807) is 0 Å². The summed E-state index contributed by atoms with van der Waals surface area (Å²) in [5, 5.41) is 5.68. The Labute approximate surface area is 121 Å². The molecule has 2 aromatic rings. The first-order chi connectivity index (χ1) is 9.33. The van der Waals surface area contributed by atoms with Crippen molar-refractivity contribution in [2.75, 3.05) is 32.8 Å². The second-order valence-corrected chi connectivity index (χ2v) is 5.79. The molecule has 1 aliphatic heterocycles. The third-order valence-electron chi connectivity index (χ3n) is 3.55. The summed E-state index contributed by atoms with van der Waals surface area (Å²) in [6, 6.07) is 6.30. The van der Waals surface area contributed by atoms with E-state index in [2.05, 4.69) is 48.8 Å². The van der Waals surface area contributed by atoms with Gasteiger partial charge in [-0.25, -0.2) is 0 Å². The van der Waals surface area contributed by atoms with Gasteiger partial charge in [0, 0.05) is 36.0 Å². The molecule has 0 bridgehead atoms. The van der Waals surface area contributed by atoms with Crippen LogP contribution >= 0.6 is 15.9 Å². The molecular weight excluding hydrogens is 306 g/mol. The van der Waals surface area contributed by atoms with Crippen LogP contribution in [-0.4, -0.2) is 47.5 Å².